The Labute approximate surface area is 113 Å². The number of carbonyl (C=O) groups is 1. The van der Waals surface area contributed by atoms with Gasteiger partial charge in [-0.25, -0.2) is 0 Å². The number of benzene rings is 1. The smallest absolute Gasteiger partial charge is 0.168 e. The van der Waals surface area contributed by atoms with Crippen LogP contribution in [0.3, 0.4) is 0 Å². The summed E-state index contributed by atoms with van der Waals surface area (Å²) in [5, 5.41) is 9.96. The van der Waals surface area contributed by atoms with Crippen LogP contribution in [0.2, 0.25) is 0 Å². The first-order chi connectivity index (χ1) is 8.87. The Hall–Kier alpha value is -1.90. The first-order valence-corrected chi connectivity index (χ1v) is 6.43. The summed E-state index contributed by atoms with van der Waals surface area (Å²) in [7, 11) is 0. The first-order valence-electron chi connectivity index (χ1n) is 6.43. The molecule has 0 radical (unpaired) electrons. The molecule has 3 nitrogen and oxygen atoms in total. The summed E-state index contributed by atoms with van der Waals surface area (Å²) in [6.45, 7) is 5.97. The maximum Gasteiger partial charge on any atom is 0.168 e. The van der Waals surface area contributed by atoms with Crippen molar-refractivity contribution in [2.45, 2.75) is 33.6 Å². The second-order valence-corrected chi connectivity index (χ2v) is 5.90. The van der Waals surface area contributed by atoms with Gasteiger partial charge in [0.25, 0.3) is 0 Å². The van der Waals surface area contributed by atoms with Crippen molar-refractivity contribution in [3.63, 3.8) is 0 Å². The van der Waals surface area contributed by atoms with Crippen LogP contribution in [0.15, 0.2) is 40.6 Å². The van der Waals surface area contributed by atoms with Crippen molar-refractivity contribution >= 4 is 17.7 Å². The Morgan fingerprint density at radius 2 is 1.84 bits per heavy atom. The topological polar surface area (TPSA) is 49.7 Å². The van der Waals surface area contributed by atoms with Gasteiger partial charge >= 0.3 is 0 Å². The number of aryl methyl sites for hydroxylation is 1. The number of Topliss-reactive ketones (excluding diaryl/α,β-unsaturated/α-hetero) is 1. The van der Waals surface area contributed by atoms with Gasteiger partial charge in [0.15, 0.2) is 5.78 Å². The van der Waals surface area contributed by atoms with E-state index in [1.807, 2.05) is 45.0 Å². The summed E-state index contributed by atoms with van der Waals surface area (Å²) in [6.07, 6.45) is 2.46. The first kappa shape index (κ1) is 13.5. The number of allylic oxidation sites excluding steroid dienone is 2. The molecule has 19 heavy (non-hydrogen) atoms. The molecule has 0 bridgehead atoms. The van der Waals surface area contributed by atoms with Gasteiger partial charge in [-0.1, -0.05) is 31.5 Å². The number of aliphatic imine (C=N–C) groups is 1. The zero-order chi connectivity index (χ0) is 14.0. The standard InChI is InChI=1S/C16H19NO2/c1-11-4-6-12(7-5-11)17-10-13-14(18)8-16(2,3)9-15(13)19/h4-7,10,18H,8-9H2,1-3H3. The van der Waals surface area contributed by atoms with Crippen LogP contribution in [0, 0.1) is 12.3 Å². The quantitative estimate of drug-likeness (QED) is 0.817. The van der Waals surface area contributed by atoms with Crippen LogP contribution >= 0.6 is 0 Å². The average Bonchev–Trinajstić information content (AvgIpc) is 2.29. The number of rotatable bonds is 2. The Morgan fingerprint density at radius 1 is 1.21 bits per heavy atom. The van der Waals surface area contributed by atoms with Gasteiger partial charge in [0.1, 0.15) is 5.76 Å². The zero-order valence-electron chi connectivity index (χ0n) is 11.6. The minimum atomic E-state index is -0.164. The molecule has 2 rings (SSSR count). The minimum Gasteiger partial charge on any atom is -0.511 e. The molecule has 0 aromatic heterocycles. The lowest BCUT2D eigenvalue weighted by atomic mass is 9.77. The molecule has 0 heterocycles. The number of carbonyl (C=O) groups excluding carboxylic acids is 1. The van der Waals surface area contributed by atoms with Crippen molar-refractivity contribution in [3.05, 3.63) is 41.2 Å². The molecule has 0 saturated heterocycles. The van der Waals surface area contributed by atoms with Crippen molar-refractivity contribution in [2.75, 3.05) is 0 Å². The van der Waals surface area contributed by atoms with Crippen LogP contribution in [-0.4, -0.2) is 17.1 Å². The summed E-state index contributed by atoms with van der Waals surface area (Å²) >= 11 is 0. The molecule has 0 aliphatic heterocycles. The van der Waals surface area contributed by atoms with Gasteiger partial charge in [0.2, 0.25) is 0 Å². The van der Waals surface area contributed by atoms with Gasteiger partial charge < -0.3 is 5.11 Å². The second-order valence-electron chi connectivity index (χ2n) is 5.90. The maximum atomic E-state index is 12.0. The fraction of sp³-hybridized carbons (Fsp3) is 0.375. The predicted octanol–water partition coefficient (Wildman–Crippen LogP) is 3.90. The lowest BCUT2D eigenvalue weighted by molar-refractivity contribution is -0.117. The summed E-state index contributed by atoms with van der Waals surface area (Å²) in [5.41, 5.74) is 2.13. The molecular formula is C16H19NO2. The van der Waals surface area contributed by atoms with Crippen molar-refractivity contribution in [1.82, 2.24) is 0 Å². The van der Waals surface area contributed by atoms with E-state index in [4.69, 9.17) is 0 Å². The van der Waals surface area contributed by atoms with E-state index in [1.165, 1.54) is 6.21 Å². The Bertz CT molecular complexity index is 551. The minimum absolute atomic E-state index is 0.0374. The van der Waals surface area contributed by atoms with Gasteiger partial charge in [-0.3, -0.25) is 9.79 Å². The SMILES string of the molecule is Cc1ccc(N=CC2=C(O)CC(C)(C)CC2=O)cc1. The zero-order valence-corrected chi connectivity index (χ0v) is 11.6. The predicted molar refractivity (Wildman–Crippen MR) is 77.0 cm³/mol. The van der Waals surface area contributed by atoms with Gasteiger partial charge in [-0.15, -0.1) is 0 Å². The van der Waals surface area contributed by atoms with Crippen molar-refractivity contribution < 1.29 is 9.90 Å². The number of aliphatic hydroxyl groups excluding tert-OH is 1. The molecule has 1 aliphatic rings. The number of hydrogen-bond acceptors (Lipinski definition) is 3. The van der Waals surface area contributed by atoms with E-state index in [9.17, 15) is 9.90 Å². The Balaban J connectivity index is 2.23. The summed E-state index contributed by atoms with van der Waals surface area (Å²) in [5.74, 6) is 0.113. The fourth-order valence-electron chi connectivity index (χ4n) is 2.22. The molecular weight excluding hydrogens is 238 g/mol. The Kier molecular flexibility index (Phi) is 3.56. The molecule has 3 heteroatoms. The van der Waals surface area contributed by atoms with Crippen LogP contribution < -0.4 is 0 Å². The van der Waals surface area contributed by atoms with Crippen molar-refractivity contribution in [3.8, 4) is 0 Å². The molecule has 1 aromatic rings. The molecule has 0 spiro atoms. The third-order valence-corrected chi connectivity index (χ3v) is 3.27. The van der Waals surface area contributed by atoms with Crippen LogP contribution in [-0.2, 0) is 4.79 Å². The molecule has 0 unspecified atom stereocenters. The van der Waals surface area contributed by atoms with Gasteiger partial charge in [-0.2, -0.15) is 0 Å². The average molecular weight is 257 g/mol. The summed E-state index contributed by atoms with van der Waals surface area (Å²) < 4.78 is 0. The largest absolute Gasteiger partial charge is 0.511 e. The number of hydrogen-bond donors (Lipinski definition) is 1. The van der Waals surface area contributed by atoms with Crippen LogP contribution in [0.25, 0.3) is 0 Å². The molecule has 0 saturated carbocycles. The molecule has 100 valence electrons. The van der Waals surface area contributed by atoms with Crippen LogP contribution in [0.4, 0.5) is 5.69 Å². The van der Waals surface area contributed by atoms with Crippen LogP contribution in [0.5, 0.6) is 0 Å². The number of aliphatic hydroxyl groups is 1. The molecule has 0 atom stereocenters. The second kappa shape index (κ2) is 5.00. The van der Waals surface area contributed by atoms with Gasteiger partial charge in [0, 0.05) is 19.1 Å². The van der Waals surface area contributed by atoms with E-state index in [0.717, 1.165) is 11.3 Å². The van der Waals surface area contributed by atoms with E-state index in [1.54, 1.807) is 0 Å². The normalized spacial score (nSPS) is 19.2. The van der Waals surface area contributed by atoms with Crippen LogP contribution in [0.1, 0.15) is 32.3 Å². The number of ketones is 1. The highest BCUT2D eigenvalue weighted by molar-refractivity contribution is 6.14. The van der Waals surface area contributed by atoms with E-state index in [0.29, 0.717) is 18.4 Å². The highest BCUT2D eigenvalue weighted by Gasteiger charge is 2.32. The number of nitrogens with zero attached hydrogens (tertiary/aromatic N) is 1. The Morgan fingerprint density at radius 3 is 2.42 bits per heavy atom. The van der Waals surface area contributed by atoms with E-state index in [-0.39, 0.29) is 17.0 Å². The van der Waals surface area contributed by atoms with E-state index >= 15 is 0 Å². The third kappa shape index (κ3) is 3.31. The van der Waals surface area contributed by atoms with E-state index in [2.05, 4.69) is 4.99 Å². The molecule has 0 amide bonds. The fourth-order valence-corrected chi connectivity index (χ4v) is 2.22. The van der Waals surface area contributed by atoms with Crippen molar-refractivity contribution in [2.24, 2.45) is 10.4 Å². The molecule has 1 aromatic carbocycles. The molecule has 0 fully saturated rings. The van der Waals surface area contributed by atoms with Gasteiger partial charge in [-0.05, 0) is 24.5 Å². The summed E-state index contributed by atoms with van der Waals surface area (Å²) in [4.78, 5) is 16.2. The third-order valence-electron chi connectivity index (χ3n) is 3.27. The van der Waals surface area contributed by atoms with E-state index < -0.39 is 0 Å². The molecule has 1 aliphatic carbocycles. The molecule has 1 N–H and O–H groups in total. The van der Waals surface area contributed by atoms with Gasteiger partial charge in [0.05, 0.1) is 11.3 Å². The monoisotopic (exact) mass is 257 g/mol. The lowest BCUT2D eigenvalue weighted by Gasteiger charge is -2.28. The highest BCUT2D eigenvalue weighted by Crippen LogP contribution is 2.35. The van der Waals surface area contributed by atoms with Crippen molar-refractivity contribution in [1.29, 1.82) is 0 Å². The maximum absolute atomic E-state index is 12.0. The lowest BCUT2D eigenvalue weighted by Crippen LogP contribution is -2.26. The highest BCUT2D eigenvalue weighted by atomic mass is 16.3. The summed E-state index contributed by atoms with van der Waals surface area (Å²) in [6, 6.07) is 7.71.